The molecule has 0 fully saturated rings. The maximum absolute atomic E-state index is 5.38. The lowest BCUT2D eigenvalue weighted by Gasteiger charge is -2.12. The third kappa shape index (κ3) is 3.61. The fourth-order valence-electron chi connectivity index (χ4n) is 1.95. The van der Waals surface area contributed by atoms with Gasteiger partial charge in [0.2, 0.25) is 0 Å². The quantitative estimate of drug-likeness (QED) is 0.813. The normalized spacial score (nSPS) is 10.2. The molecule has 4 heteroatoms. The Kier molecular flexibility index (Phi) is 5.18. The SMILES string of the molecule is COc1ccc(OC)c(CNc2cccc(SC)c2)c1. The van der Waals surface area contributed by atoms with Crippen LogP contribution in [0.3, 0.4) is 0 Å². The summed E-state index contributed by atoms with van der Waals surface area (Å²) >= 11 is 1.73. The lowest BCUT2D eigenvalue weighted by atomic mass is 10.2. The van der Waals surface area contributed by atoms with Crippen molar-refractivity contribution in [2.45, 2.75) is 11.4 Å². The van der Waals surface area contributed by atoms with Gasteiger partial charge in [-0.3, -0.25) is 0 Å². The highest BCUT2D eigenvalue weighted by atomic mass is 32.2. The molecule has 0 spiro atoms. The highest BCUT2D eigenvalue weighted by Crippen LogP contribution is 2.25. The van der Waals surface area contributed by atoms with Crippen LogP contribution in [0.15, 0.2) is 47.4 Å². The molecule has 0 atom stereocenters. The van der Waals surface area contributed by atoms with Gasteiger partial charge in [0.1, 0.15) is 11.5 Å². The summed E-state index contributed by atoms with van der Waals surface area (Å²) in [6, 6.07) is 14.2. The average molecular weight is 289 g/mol. The maximum Gasteiger partial charge on any atom is 0.124 e. The number of methoxy groups -OCH3 is 2. The van der Waals surface area contributed by atoms with Crippen molar-refractivity contribution in [3.8, 4) is 11.5 Å². The zero-order valence-electron chi connectivity index (χ0n) is 12.0. The van der Waals surface area contributed by atoms with Crippen LogP contribution in [0.25, 0.3) is 0 Å². The maximum atomic E-state index is 5.38. The standard InChI is InChI=1S/C16H19NO2S/c1-18-14-7-8-16(19-2)12(9-14)11-17-13-5-4-6-15(10-13)20-3/h4-10,17H,11H2,1-3H3. The van der Waals surface area contributed by atoms with Gasteiger partial charge in [-0.2, -0.15) is 0 Å². The second-order valence-corrected chi connectivity index (χ2v) is 5.14. The second-order valence-electron chi connectivity index (χ2n) is 4.26. The van der Waals surface area contributed by atoms with E-state index >= 15 is 0 Å². The van der Waals surface area contributed by atoms with Gasteiger partial charge in [0.05, 0.1) is 14.2 Å². The summed E-state index contributed by atoms with van der Waals surface area (Å²) in [5, 5.41) is 3.41. The number of anilines is 1. The van der Waals surface area contributed by atoms with E-state index in [4.69, 9.17) is 9.47 Å². The monoisotopic (exact) mass is 289 g/mol. The molecule has 1 N–H and O–H groups in total. The molecule has 0 aliphatic heterocycles. The van der Waals surface area contributed by atoms with Crippen molar-refractivity contribution in [1.29, 1.82) is 0 Å². The van der Waals surface area contributed by atoms with Crippen LogP contribution in [-0.4, -0.2) is 20.5 Å². The van der Waals surface area contributed by atoms with Crippen molar-refractivity contribution in [1.82, 2.24) is 0 Å². The predicted molar refractivity (Wildman–Crippen MR) is 85.1 cm³/mol. The summed E-state index contributed by atoms with van der Waals surface area (Å²) in [7, 11) is 3.35. The molecule has 2 aromatic carbocycles. The molecule has 2 rings (SSSR count). The van der Waals surface area contributed by atoms with Crippen molar-refractivity contribution < 1.29 is 9.47 Å². The van der Waals surface area contributed by atoms with Crippen molar-refractivity contribution in [3.63, 3.8) is 0 Å². The highest BCUT2D eigenvalue weighted by Gasteiger charge is 2.05. The predicted octanol–water partition coefficient (Wildman–Crippen LogP) is 4.04. The fraction of sp³-hybridized carbons (Fsp3) is 0.250. The molecule has 0 bridgehead atoms. The van der Waals surface area contributed by atoms with E-state index in [0.717, 1.165) is 22.7 Å². The Morgan fingerprint density at radius 2 is 1.90 bits per heavy atom. The molecule has 0 saturated carbocycles. The van der Waals surface area contributed by atoms with Gasteiger partial charge < -0.3 is 14.8 Å². The fourth-order valence-corrected chi connectivity index (χ4v) is 2.41. The Bertz CT molecular complexity index is 572. The van der Waals surface area contributed by atoms with Gasteiger partial charge in [0.25, 0.3) is 0 Å². The summed E-state index contributed by atoms with van der Waals surface area (Å²) in [6.07, 6.45) is 2.07. The number of hydrogen-bond acceptors (Lipinski definition) is 4. The van der Waals surface area contributed by atoms with Crippen LogP contribution < -0.4 is 14.8 Å². The molecule has 0 aliphatic rings. The Morgan fingerprint density at radius 3 is 2.60 bits per heavy atom. The summed E-state index contributed by atoms with van der Waals surface area (Å²) in [5.41, 5.74) is 2.17. The van der Waals surface area contributed by atoms with E-state index in [1.807, 2.05) is 18.2 Å². The first-order valence-corrected chi connectivity index (χ1v) is 7.58. The van der Waals surface area contributed by atoms with Crippen molar-refractivity contribution in [3.05, 3.63) is 48.0 Å². The molecule has 3 nitrogen and oxygen atoms in total. The molecule has 0 unspecified atom stereocenters. The van der Waals surface area contributed by atoms with E-state index in [0.29, 0.717) is 6.54 Å². The van der Waals surface area contributed by atoms with Crippen LogP contribution in [0.1, 0.15) is 5.56 Å². The minimum Gasteiger partial charge on any atom is -0.497 e. The third-order valence-electron chi connectivity index (χ3n) is 3.04. The molecule has 0 heterocycles. The first-order chi connectivity index (χ1) is 9.76. The molecule has 0 radical (unpaired) electrons. The van der Waals surface area contributed by atoms with E-state index in [1.165, 1.54) is 4.90 Å². The topological polar surface area (TPSA) is 30.5 Å². The van der Waals surface area contributed by atoms with E-state index < -0.39 is 0 Å². The Morgan fingerprint density at radius 1 is 1.05 bits per heavy atom. The van der Waals surface area contributed by atoms with Crippen molar-refractivity contribution in [2.24, 2.45) is 0 Å². The molecule has 0 aromatic heterocycles. The van der Waals surface area contributed by atoms with E-state index in [-0.39, 0.29) is 0 Å². The molecule has 0 saturated heterocycles. The summed E-state index contributed by atoms with van der Waals surface area (Å²) in [5.74, 6) is 1.69. The summed E-state index contributed by atoms with van der Waals surface area (Å²) in [4.78, 5) is 1.24. The van der Waals surface area contributed by atoms with Crippen LogP contribution in [0, 0.1) is 0 Å². The van der Waals surface area contributed by atoms with Crippen LogP contribution in [0.5, 0.6) is 11.5 Å². The minimum atomic E-state index is 0.693. The number of rotatable bonds is 6. The van der Waals surface area contributed by atoms with Gasteiger partial charge in [0, 0.05) is 22.7 Å². The highest BCUT2D eigenvalue weighted by molar-refractivity contribution is 7.98. The molecule has 20 heavy (non-hydrogen) atoms. The lowest BCUT2D eigenvalue weighted by Crippen LogP contribution is -2.02. The lowest BCUT2D eigenvalue weighted by molar-refractivity contribution is 0.399. The number of thioether (sulfide) groups is 1. The first kappa shape index (κ1) is 14.6. The minimum absolute atomic E-state index is 0.693. The number of nitrogens with one attached hydrogen (secondary N) is 1. The summed E-state index contributed by atoms with van der Waals surface area (Å²) < 4.78 is 10.6. The van der Waals surface area contributed by atoms with Crippen LogP contribution in [0.4, 0.5) is 5.69 Å². The second kappa shape index (κ2) is 7.10. The number of benzene rings is 2. The van der Waals surface area contributed by atoms with Gasteiger partial charge in [-0.25, -0.2) is 0 Å². The van der Waals surface area contributed by atoms with Crippen LogP contribution in [-0.2, 0) is 6.54 Å². The van der Waals surface area contributed by atoms with Gasteiger partial charge in [-0.1, -0.05) is 6.07 Å². The average Bonchev–Trinajstić information content (AvgIpc) is 2.52. The van der Waals surface area contributed by atoms with Gasteiger partial charge in [-0.15, -0.1) is 11.8 Å². The molecule has 0 amide bonds. The molecule has 0 aliphatic carbocycles. The Balaban J connectivity index is 2.12. The van der Waals surface area contributed by atoms with Crippen molar-refractivity contribution in [2.75, 3.05) is 25.8 Å². The van der Waals surface area contributed by atoms with Crippen LogP contribution in [0.2, 0.25) is 0 Å². The molecular weight excluding hydrogens is 270 g/mol. The first-order valence-electron chi connectivity index (χ1n) is 6.35. The van der Waals surface area contributed by atoms with E-state index in [2.05, 4.69) is 35.8 Å². The largest absolute Gasteiger partial charge is 0.497 e. The number of ether oxygens (including phenoxy) is 2. The smallest absolute Gasteiger partial charge is 0.124 e. The summed E-state index contributed by atoms with van der Waals surface area (Å²) in [6.45, 7) is 0.693. The number of hydrogen-bond donors (Lipinski definition) is 1. The van der Waals surface area contributed by atoms with Crippen LogP contribution >= 0.6 is 11.8 Å². The van der Waals surface area contributed by atoms with E-state index in [9.17, 15) is 0 Å². The third-order valence-corrected chi connectivity index (χ3v) is 3.77. The zero-order chi connectivity index (χ0) is 14.4. The van der Waals surface area contributed by atoms with Crippen molar-refractivity contribution >= 4 is 17.4 Å². The Hall–Kier alpha value is -1.81. The molecular formula is C16H19NO2S. The van der Waals surface area contributed by atoms with E-state index in [1.54, 1.807) is 26.0 Å². The van der Waals surface area contributed by atoms with Gasteiger partial charge in [0.15, 0.2) is 0 Å². The van der Waals surface area contributed by atoms with Gasteiger partial charge >= 0.3 is 0 Å². The van der Waals surface area contributed by atoms with Gasteiger partial charge in [-0.05, 0) is 42.7 Å². The molecule has 106 valence electrons. The zero-order valence-corrected chi connectivity index (χ0v) is 12.8. The molecule has 2 aromatic rings. The Labute approximate surface area is 124 Å².